The average molecular weight is 239 g/mol. The van der Waals surface area contributed by atoms with Crippen molar-refractivity contribution in [1.29, 1.82) is 0 Å². The molecule has 17 heavy (non-hydrogen) atoms. The monoisotopic (exact) mass is 239 g/mol. The predicted octanol–water partition coefficient (Wildman–Crippen LogP) is 1.00. The number of methoxy groups -OCH3 is 1. The van der Waals surface area contributed by atoms with Crippen LogP contribution in [0.3, 0.4) is 0 Å². The van der Waals surface area contributed by atoms with Crippen molar-refractivity contribution in [2.24, 2.45) is 11.1 Å². The standard InChI is InChI=1S/C12H21N3O2/c1-12(2,3)10(17-4)11-14-8(5-6-13)7-9(16)15-11/h7,10H,5-6,13H2,1-4H3,(H,14,15,16). The molecule has 0 fully saturated rings. The van der Waals surface area contributed by atoms with Crippen LogP contribution in [0.5, 0.6) is 0 Å². The molecule has 5 heteroatoms. The van der Waals surface area contributed by atoms with Crippen molar-refractivity contribution in [2.45, 2.75) is 33.3 Å². The molecule has 0 amide bonds. The van der Waals surface area contributed by atoms with Gasteiger partial charge in [-0.3, -0.25) is 4.79 Å². The van der Waals surface area contributed by atoms with Crippen LogP contribution in [0.25, 0.3) is 0 Å². The van der Waals surface area contributed by atoms with Crippen LogP contribution >= 0.6 is 0 Å². The smallest absolute Gasteiger partial charge is 0.251 e. The van der Waals surface area contributed by atoms with Gasteiger partial charge in [-0.25, -0.2) is 4.98 Å². The van der Waals surface area contributed by atoms with Crippen molar-refractivity contribution in [1.82, 2.24) is 9.97 Å². The molecule has 1 heterocycles. The predicted molar refractivity (Wildman–Crippen MR) is 66.8 cm³/mol. The van der Waals surface area contributed by atoms with Gasteiger partial charge in [0.15, 0.2) is 0 Å². The van der Waals surface area contributed by atoms with Crippen LogP contribution in [-0.4, -0.2) is 23.6 Å². The molecule has 1 aromatic heterocycles. The number of aromatic amines is 1. The summed E-state index contributed by atoms with van der Waals surface area (Å²) >= 11 is 0. The Labute approximate surface area is 101 Å². The van der Waals surface area contributed by atoms with E-state index in [2.05, 4.69) is 9.97 Å². The Kier molecular flexibility index (Phi) is 4.42. The number of nitrogens with two attached hydrogens (primary N) is 1. The third-order valence-electron chi connectivity index (χ3n) is 2.48. The van der Waals surface area contributed by atoms with Gasteiger partial charge in [0.2, 0.25) is 0 Å². The first kappa shape index (κ1) is 13.9. The maximum atomic E-state index is 11.5. The SMILES string of the molecule is COC(c1nc(CCN)cc(=O)[nH]1)C(C)(C)C. The Hall–Kier alpha value is -1.20. The van der Waals surface area contributed by atoms with Gasteiger partial charge in [0.1, 0.15) is 11.9 Å². The van der Waals surface area contributed by atoms with Crippen LogP contribution in [-0.2, 0) is 11.2 Å². The van der Waals surface area contributed by atoms with E-state index in [1.807, 2.05) is 20.8 Å². The number of aromatic nitrogens is 2. The minimum Gasteiger partial charge on any atom is -0.373 e. The molecule has 0 spiro atoms. The third kappa shape index (κ3) is 3.64. The number of rotatable bonds is 4. The number of H-pyrrole nitrogens is 1. The quantitative estimate of drug-likeness (QED) is 0.821. The summed E-state index contributed by atoms with van der Waals surface area (Å²) in [4.78, 5) is 18.7. The molecule has 0 bridgehead atoms. The highest BCUT2D eigenvalue weighted by atomic mass is 16.5. The number of hydrogen-bond acceptors (Lipinski definition) is 4. The molecule has 0 aliphatic rings. The van der Waals surface area contributed by atoms with Gasteiger partial charge >= 0.3 is 0 Å². The molecular weight excluding hydrogens is 218 g/mol. The molecule has 3 N–H and O–H groups in total. The van der Waals surface area contributed by atoms with E-state index in [-0.39, 0.29) is 17.1 Å². The molecule has 0 aliphatic carbocycles. The Morgan fingerprint density at radius 1 is 1.53 bits per heavy atom. The Bertz CT molecular complexity index is 420. The van der Waals surface area contributed by atoms with E-state index in [4.69, 9.17) is 10.5 Å². The zero-order chi connectivity index (χ0) is 13.1. The molecule has 1 atom stereocenters. The highest BCUT2D eigenvalue weighted by molar-refractivity contribution is 5.06. The summed E-state index contributed by atoms with van der Waals surface area (Å²) in [7, 11) is 1.62. The van der Waals surface area contributed by atoms with Crippen molar-refractivity contribution in [3.63, 3.8) is 0 Å². The van der Waals surface area contributed by atoms with Gasteiger partial charge in [-0.15, -0.1) is 0 Å². The van der Waals surface area contributed by atoms with Crippen LogP contribution in [0, 0.1) is 5.41 Å². The van der Waals surface area contributed by atoms with Crippen molar-refractivity contribution in [3.05, 3.63) is 27.9 Å². The van der Waals surface area contributed by atoms with Crippen LogP contribution in [0.1, 0.15) is 38.4 Å². The van der Waals surface area contributed by atoms with Crippen molar-refractivity contribution >= 4 is 0 Å². The largest absolute Gasteiger partial charge is 0.373 e. The summed E-state index contributed by atoms with van der Waals surface area (Å²) in [5.74, 6) is 0.566. The lowest BCUT2D eigenvalue weighted by Crippen LogP contribution is -2.26. The van der Waals surface area contributed by atoms with Gasteiger partial charge in [-0.2, -0.15) is 0 Å². The lowest BCUT2D eigenvalue weighted by atomic mass is 9.88. The minimum absolute atomic E-state index is 0.133. The molecule has 1 unspecified atom stereocenters. The van der Waals surface area contributed by atoms with E-state index in [1.165, 1.54) is 6.07 Å². The summed E-state index contributed by atoms with van der Waals surface area (Å²) in [5.41, 5.74) is 5.88. The van der Waals surface area contributed by atoms with Gasteiger partial charge in [-0.05, 0) is 12.0 Å². The lowest BCUT2D eigenvalue weighted by molar-refractivity contribution is 0.00834. The van der Waals surface area contributed by atoms with E-state index in [1.54, 1.807) is 7.11 Å². The molecule has 0 saturated heterocycles. The molecule has 0 saturated carbocycles. The fourth-order valence-electron chi connectivity index (χ4n) is 1.80. The molecule has 1 rings (SSSR count). The third-order valence-corrected chi connectivity index (χ3v) is 2.48. The first-order valence-corrected chi connectivity index (χ1v) is 5.71. The summed E-state index contributed by atoms with van der Waals surface area (Å²) in [6.07, 6.45) is 0.352. The molecule has 0 radical (unpaired) electrons. The minimum atomic E-state index is -0.243. The van der Waals surface area contributed by atoms with Crippen LogP contribution in [0.2, 0.25) is 0 Å². The van der Waals surface area contributed by atoms with E-state index in [9.17, 15) is 4.79 Å². The first-order valence-electron chi connectivity index (χ1n) is 5.71. The second-order valence-corrected chi connectivity index (χ2v) is 5.14. The first-order chi connectivity index (χ1) is 7.88. The normalized spacial score (nSPS) is 13.7. The van der Waals surface area contributed by atoms with Gasteiger partial charge < -0.3 is 15.5 Å². The number of nitrogens with zero attached hydrogens (tertiary/aromatic N) is 1. The highest BCUT2D eigenvalue weighted by Crippen LogP contribution is 2.33. The van der Waals surface area contributed by atoms with Gasteiger partial charge in [0.05, 0.1) is 0 Å². The zero-order valence-electron chi connectivity index (χ0n) is 10.9. The molecule has 96 valence electrons. The summed E-state index contributed by atoms with van der Waals surface area (Å²) in [6, 6.07) is 1.48. The van der Waals surface area contributed by atoms with Gasteiger partial charge in [-0.1, -0.05) is 20.8 Å². The summed E-state index contributed by atoms with van der Waals surface area (Å²) in [6.45, 7) is 6.59. The number of nitrogens with one attached hydrogen (secondary N) is 1. The van der Waals surface area contributed by atoms with Crippen LogP contribution in [0.15, 0.2) is 10.9 Å². The lowest BCUT2D eigenvalue weighted by Gasteiger charge is -2.28. The molecule has 0 aliphatic heterocycles. The highest BCUT2D eigenvalue weighted by Gasteiger charge is 2.28. The Morgan fingerprint density at radius 3 is 2.65 bits per heavy atom. The molecular formula is C12H21N3O2. The zero-order valence-corrected chi connectivity index (χ0v) is 10.9. The molecule has 5 nitrogen and oxygen atoms in total. The molecule has 1 aromatic rings. The Balaban J connectivity index is 3.16. The fraction of sp³-hybridized carbons (Fsp3) is 0.667. The summed E-state index contributed by atoms with van der Waals surface area (Å²) in [5, 5.41) is 0. The maximum Gasteiger partial charge on any atom is 0.251 e. The van der Waals surface area contributed by atoms with Crippen molar-refractivity contribution in [3.8, 4) is 0 Å². The second-order valence-electron chi connectivity index (χ2n) is 5.14. The van der Waals surface area contributed by atoms with Crippen molar-refractivity contribution < 1.29 is 4.74 Å². The van der Waals surface area contributed by atoms with Gasteiger partial charge in [0, 0.05) is 25.3 Å². The Morgan fingerprint density at radius 2 is 2.18 bits per heavy atom. The van der Waals surface area contributed by atoms with E-state index < -0.39 is 0 Å². The van der Waals surface area contributed by atoms with E-state index >= 15 is 0 Å². The van der Waals surface area contributed by atoms with Crippen LogP contribution < -0.4 is 11.3 Å². The van der Waals surface area contributed by atoms with Crippen LogP contribution in [0.4, 0.5) is 0 Å². The molecule has 0 aromatic carbocycles. The number of hydrogen-bond donors (Lipinski definition) is 2. The van der Waals surface area contributed by atoms with E-state index in [0.29, 0.717) is 24.5 Å². The maximum absolute atomic E-state index is 11.5. The summed E-state index contributed by atoms with van der Waals surface area (Å²) < 4.78 is 5.43. The fourth-order valence-corrected chi connectivity index (χ4v) is 1.80. The number of ether oxygens (including phenoxy) is 1. The van der Waals surface area contributed by atoms with Gasteiger partial charge in [0.25, 0.3) is 5.56 Å². The van der Waals surface area contributed by atoms with E-state index in [0.717, 1.165) is 0 Å². The average Bonchev–Trinajstić information content (AvgIpc) is 2.15. The topological polar surface area (TPSA) is 81.0 Å². The second kappa shape index (κ2) is 5.42. The van der Waals surface area contributed by atoms with Crippen molar-refractivity contribution in [2.75, 3.05) is 13.7 Å².